The molecule has 4 nitrogen and oxygen atoms in total. The lowest BCUT2D eigenvalue weighted by atomic mass is 9.79. The molecule has 2 aromatic carbocycles. The van der Waals surface area contributed by atoms with E-state index in [-0.39, 0.29) is 23.6 Å². The van der Waals surface area contributed by atoms with E-state index in [1.165, 1.54) is 6.92 Å². The summed E-state index contributed by atoms with van der Waals surface area (Å²) in [5.74, 6) is 0.904. The normalized spacial score (nSPS) is 27.7. The predicted molar refractivity (Wildman–Crippen MR) is 125 cm³/mol. The van der Waals surface area contributed by atoms with Crippen molar-refractivity contribution in [2.75, 3.05) is 14.1 Å². The van der Waals surface area contributed by atoms with Crippen molar-refractivity contribution in [1.82, 2.24) is 10.6 Å². The highest BCUT2D eigenvalue weighted by Gasteiger charge is 2.55. The van der Waals surface area contributed by atoms with Crippen LogP contribution in [-0.2, 0) is 22.6 Å². The van der Waals surface area contributed by atoms with Crippen molar-refractivity contribution >= 4 is 5.84 Å². The van der Waals surface area contributed by atoms with E-state index in [0.29, 0.717) is 12.8 Å². The van der Waals surface area contributed by atoms with Crippen LogP contribution in [0, 0.1) is 5.92 Å². The highest BCUT2D eigenvalue weighted by Crippen LogP contribution is 2.49. The number of amidine groups is 1. The van der Waals surface area contributed by atoms with Crippen molar-refractivity contribution in [3.05, 3.63) is 70.8 Å². The van der Waals surface area contributed by atoms with Crippen LogP contribution >= 0.6 is 0 Å². The number of aliphatic imine (C=N–C) groups is 1. The standard InChI is InChI=1S/C26H29F6N3O/c1-15(16-11-18(25(27,28)29)13-19(12-16)26(30,31)32)36-22-10-9-21-20(23(33-2)34-3)14-24(22,35-21)17-7-5-4-6-8-17/h4-8,11-13,15,20-22,35H,9-10,14H2,1-3H3,(H,33,34)/t15?,20-,21+,22-,24-/m0/s1. The minimum absolute atomic E-state index is 0.0644. The van der Waals surface area contributed by atoms with Crippen LogP contribution in [0.1, 0.15) is 54.5 Å². The molecule has 5 atom stereocenters. The molecule has 0 aliphatic carbocycles. The third kappa shape index (κ3) is 4.98. The van der Waals surface area contributed by atoms with E-state index in [2.05, 4.69) is 15.6 Å². The number of hydrogen-bond acceptors (Lipinski definition) is 3. The second kappa shape index (κ2) is 9.70. The number of fused-ring (bicyclic) bond motifs is 2. The van der Waals surface area contributed by atoms with Crippen molar-refractivity contribution in [3.8, 4) is 0 Å². The van der Waals surface area contributed by atoms with Gasteiger partial charge in [-0.05, 0) is 55.5 Å². The first-order valence-electron chi connectivity index (χ1n) is 11.8. The average molecular weight is 514 g/mol. The molecular formula is C26H29F6N3O. The second-order valence-electron chi connectivity index (χ2n) is 9.44. The molecule has 2 N–H and O–H groups in total. The molecule has 0 aromatic heterocycles. The van der Waals surface area contributed by atoms with Crippen molar-refractivity contribution in [3.63, 3.8) is 0 Å². The maximum Gasteiger partial charge on any atom is 0.416 e. The lowest BCUT2D eigenvalue weighted by Gasteiger charge is -2.43. The van der Waals surface area contributed by atoms with E-state index >= 15 is 0 Å². The summed E-state index contributed by atoms with van der Waals surface area (Å²) in [5, 5.41) is 6.84. The maximum absolute atomic E-state index is 13.4. The number of nitrogens with one attached hydrogen (secondary N) is 2. The molecule has 196 valence electrons. The van der Waals surface area contributed by atoms with Gasteiger partial charge >= 0.3 is 12.4 Å². The molecule has 2 aromatic rings. The number of ether oxygens (including phenoxy) is 1. The fourth-order valence-corrected chi connectivity index (χ4v) is 5.65. The maximum atomic E-state index is 13.4. The molecule has 2 bridgehead atoms. The zero-order chi connectivity index (χ0) is 26.3. The Bertz CT molecular complexity index is 1070. The van der Waals surface area contributed by atoms with E-state index in [1.807, 2.05) is 37.4 Å². The number of hydrogen-bond donors (Lipinski definition) is 2. The van der Waals surface area contributed by atoms with Gasteiger partial charge in [-0.15, -0.1) is 0 Å². The topological polar surface area (TPSA) is 45.7 Å². The molecule has 0 saturated carbocycles. The van der Waals surface area contributed by atoms with Crippen molar-refractivity contribution < 1.29 is 31.1 Å². The molecule has 2 aliphatic heterocycles. The summed E-state index contributed by atoms with van der Waals surface area (Å²) in [6.45, 7) is 1.50. The molecule has 0 radical (unpaired) electrons. The molecule has 1 unspecified atom stereocenters. The van der Waals surface area contributed by atoms with Crippen molar-refractivity contribution in [2.45, 2.75) is 62.3 Å². The van der Waals surface area contributed by atoms with Crippen molar-refractivity contribution in [2.24, 2.45) is 10.9 Å². The summed E-state index contributed by atoms with van der Waals surface area (Å²) in [6, 6.07) is 11.4. The van der Waals surface area contributed by atoms with Gasteiger partial charge in [-0.1, -0.05) is 30.3 Å². The summed E-state index contributed by atoms with van der Waals surface area (Å²) < 4.78 is 86.8. The Kier molecular flexibility index (Phi) is 7.13. The van der Waals surface area contributed by atoms with Gasteiger partial charge in [0.05, 0.1) is 28.9 Å². The van der Waals surface area contributed by atoms with E-state index < -0.39 is 41.2 Å². The zero-order valence-electron chi connectivity index (χ0n) is 20.2. The number of alkyl halides is 6. The monoisotopic (exact) mass is 513 g/mol. The van der Waals surface area contributed by atoms with E-state index in [1.54, 1.807) is 7.05 Å². The first-order chi connectivity index (χ1) is 16.9. The van der Waals surface area contributed by atoms with Crippen LogP contribution in [0.25, 0.3) is 0 Å². The van der Waals surface area contributed by atoms with Crippen LogP contribution < -0.4 is 10.6 Å². The first kappa shape index (κ1) is 26.5. The fraction of sp³-hybridized carbons (Fsp3) is 0.500. The molecule has 0 amide bonds. The number of benzene rings is 2. The lowest BCUT2D eigenvalue weighted by molar-refractivity contribution is -0.143. The Morgan fingerprint density at radius 2 is 1.64 bits per heavy atom. The summed E-state index contributed by atoms with van der Waals surface area (Å²) in [7, 11) is 3.52. The number of piperidine rings is 1. The summed E-state index contributed by atoms with van der Waals surface area (Å²) in [4.78, 5) is 4.38. The van der Waals surface area contributed by atoms with Gasteiger partial charge < -0.3 is 15.4 Å². The van der Waals surface area contributed by atoms with Gasteiger partial charge in [0.15, 0.2) is 0 Å². The van der Waals surface area contributed by atoms with Gasteiger partial charge in [0, 0.05) is 26.1 Å². The van der Waals surface area contributed by atoms with Gasteiger partial charge in [-0.25, -0.2) is 0 Å². The summed E-state index contributed by atoms with van der Waals surface area (Å²) in [6.07, 6.45) is -9.35. The largest absolute Gasteiger partial charge is 0.416 e. The number of halogens is 6. The zero-order valence-corrected chi connectivity index (χ0v) is 20.2. The van der Waals surface area contributed by atoms with Gasteiger partial charge in [0.1, 0.15) is 5.84 Å². The van der Waals surface area contributed by atoms with E-state index in [4.69, 9.17) is 4.74 Å². The molecule has 2 heterocycles. The Morgan fingerprint density at radius 3 is 2.17 bits per heavy atom. The van der Waals surface area contributed by atoms with Gasteiger partial charge in [-0.3, -0.25) is 4.99 Å². The van der Waals surface area contributed by atoms with Crippen LogP contribution in [0.3, 0.4) is 0 Å². The Balaban J connectivity index is 1.70. The highest BCUT2D eigenvalue weighted by atomic mass is 19.4. The minimum Gasteiger partial charge on any atom is -0.377 e. The number of nitrogens with zero attached hydrogens (tertiary/aromatic N) is 1. The highest BCUT2D eigenvalue weighted by molar-refractivity contribution is 5.85. The Labute approximate surface area is 206 Å². The van der Waals surface area contributed by atoms with Crippen LogP contribution in [0.5, 0.6) is 0 Å². The van der Waals surface area contributed by atoms with E-state index in [9.17, 15) is 26.3 Å². The smallest absolute Gasteiger partial charge is 0.377 e. The number of rotatable bonds is 5. The molecule has 2 aliphatic rings. The Morgan fingerprint density at radius 1 is 1.03 bits per heavy atom. The SMILES string of the molecule is CN=C(NC)[C@H]1C[C@@]2(c3ccccc3)N[C@@H]1CC[C@@H]2OC(C)c1cc(C(F)(F)F)cc(C(F)(F)F)c1. The third-order valence-corrected chi connectivity index (χ3v) is 7.35. The van der Waals surface area contributed by atoms with E-state index in [0.717, 1.165) is 30.0 Å². The van der Waals surface area contributed by atoms with Crippen LogP contribution in [0.15, 0.2) is 53.5 Å². The minimum atomic E-state index is -4.91. The first-order valence-corrected chi connectivity index (χ1v) is 11.8. The second-order valence-corrected chi connectivity index (χ2v) is 9.44. The quantitative estimate of drug-likeness (QED) is 0.289. The molecule has 2 saturated heterocycles. The molecule has 2 fully saturated rings. The van der Waals surface area contributed by atoms with Crippen LogP contribution in [0.4, 0.5) is 26.3 Å². The van der Waals surface area contributed by atoms with Crippen molar-refractivity contribution in [1.29, 1.82) is 0 Å². The Hall–Kier alpha value is -2.59. The summed E-state index contributed by atoms with van der Waals surface area (Å²) in [5.41, 5.74) is -2.56. The molecule has 4 rings (SSSR count). The van der Waals surface area contributed by atoms with Crippen LogP contribution in [-0.4, -0.2) is 32.1 Å². The van der Waals surface area contributed by atoms with Crippen LogP contribution in [0.2, 0.25) is 0 Å². The summed E-state index contributed by atoms with van der Waals surface area (Å²) >= 11 is 0. The molecule has 36 heavy (non-hydrogen) atoms. The molecule has 10 heteroatoms. The average Bonchev–Trinajstić information content (AvgIpc) is 3.15. The third-order valence-electron chi connectivity index (χ3n) is 7.35. The fourth-order valence-electron chi connectivity index (χ4n) is 5.65. The van der Waals surface area contributed by atoms with Gasteiger partial charge in [0.2, 0.25) is 0 Å². The molecule has 0 spiro atoms. The lowest BCUT2D eigenvalue weighted by Crippen LogP contribution is -2.54. The predicted octanol–water partition coefficient (Wildman–Crippen LogP) is 6.09. The molecular weight excluding hydrogens is 484 g/mol. The van der Waals surface area contributed by atoms with Gasteiger partial charge in [0.25, 0.3) is 0 Å². The van der Waals surface area contributed by atoms with Gasteiger partial charge in [-0.2, -0.15) is 26.3 Å².